The summed E-state index contributed by atoms with van der Waals surface area (Å²) in [5.41, 5.74) is 8.75. The number of aromatic nitrogens is 4. The first-order valence-electron chi connectivity index (χ1n) is 6.08. The number of nitrogens with two attached hydrogens (primary N) is 1. The Kier molecular flexibility index (Phi) is 4.19. The largest absolute Gasteiger partial charge is 0.331 e. The van der Waals surface area contributed by atoms with Gasteiger partial charge in [0.1, 0.15) is 0 Å². The van der Waals surface area contributed by atoms with Crippen LogP contribution < -0.4 is 5.73 Å². The Hall–Kier alpha value is -1.14. The molecule has 0 aliphatic heterocycles. The summed E-state index contributed by atoms with van der Waals surface area (Å²) < 4.78 is 5.17. The fraction of sp³-hybridized carbons (Fsp3) is 0.500. The number of halogens is 1. The van der Waals surface area contributed by atoms with Crippen LogP contribution >= 0.6 is 15.9 Å². The van der Waals surface area contributed by atoms with Gasteiger partial charge in [-0.2, -0.15) is 5.10 Å². The quantitative estimate of drug-likeness (QED) is 0.914. The van der Waals surface area contributed by atoms with Crippen LogP contribution in [-0.4, -0.2) is 25.9 Å². The SMILES string of the molecule is CCn1nc(C)c(Br)c1Cn1cnc(CCN)c1. The number of nitrogens with zero attached hydrogens (tertiary/aromatic N) is 4. The van der Waals surface area contributed by atoms with Gasteiger partial charge in [0.25, 0.3) is 0 Å². The Morgan fingerprint density at radius 3 is 2.89 bits per heavy atom. The van der Waals surface area contributed by atoms with Gasteiger partial charge in [0, 0.05) is 19.2 Å². The Morgan fingerprint density at radius 1 is 1.44 bits per heavy atom. The molecule has 0 fully saturated rings. The van der Waals surface area contributed by atoms with Crippen LogP contribution in [0.5, 0.6) is 0 Å². The molecule has 0 aromatic carbocycles. The highest BCUT2D eigenvalue weighted by Gasteiger charge is 2.12. The molecule has 0 aliphatic carbocycles. The second kappa shape index (κ2) is 5.67. The van der Waals surface area contributed by atoms with Crippen molar-refractivity contribution in [2.24, 2.45) is 5.73 Å². The van der Waals surface area contributed by atoms with Gasteiger partial charge in [0.2, 0.25) is 0 Å². The molecule has 0 saturated carbocycles. The second-order valence-corrected chi connectivity index (χ2v) is 5.03. The molecule has 2 aromatic rings. The number of imidazole rings is 1. The lowest BCUT2D eigenvalue weighted by atomic mass is 10.3. The molecule has 0 bridgehead atoms. The summed E-state index contributed by atoms with van der Waals surface area (Å²) in [6.45, 7) is 6.37. The number of aryl methyl sites for hydroxylation is 2. The fourth-order valence-corrected chi connectivity index (χ4v) is 2.37. The van der Waals surface area contributed by atoms with Crippen LogP contribution in [-0.2, 0) is 19.5 Å². The second-order valence-electron chi connectivity index (χ2n) is 4.24. The minimum atomic E-state index is 0.632. The van der Waals surface area contributed by atoms with Crippen molar-refractivity contribution in [1.29, 1.82) is 0 Å². The van der Waals surface area contributed by atoms with E-state index >= 15 is 0 Å². The zero-order chi connectivity index (χ0) is 13.1. The maximum absolute atomic E-state index is 5.52. The Bertz CT molecular complexity index is 529. The maximum atomic E-state index is 5.52. The maximum Gasteiger partial charge on any atom is 0.0953 e. The first kappa shape index (κ1) is 13.3. The van der Waals surface area contributed by atoms with Gasteiger partial charge in [-0.25, -0.2) is 4.98 Å². The van der Waals surface area contributed by atoms with E-state index in [0.29, 0.717) is 6.54 Å². The fourth-order valence-electron chi connectivity index (χ4n) is 1.96. The molecule has 0 saturated heterocycles. The predicted molar refractivity (Wildman–Crippen MR) is 74.4 cm³/mol. The molecule has 18 heavy (non-hydrogen) atoms. The van der Waals surface area contributed by atoms with Crippen LogP contribution in [0.15, 0.2) is 17.0 Å². The summed E-state index contributed by atoms with van der Waals surface area (Å²) >= 11 is 3.60. The summed E-state index contributed by atoms with van der Waals surface area (Å²) in [7, 11) is 0. The average Bonchev–Trinajstić information content (AvgIpc) is 2.90. The standard InChI is InChI=1S/C12H18BrN5/c1-3-18-11(12(13)9(2)16-18)7-17-6-10(4-5-14)15-8-17/h6,8H,3-5,7,14H2,1-2H3. The van der Waals surface area contributed by atoms with E-state index in [9.17, 15) is 0 Å². The van der Waals surface area contributed by atoms with Crippen molar-refractivity contribution in [3.8, 4) is 0 Å². The molecule has 0 amide bonds. The number of hydrogen-bond acceptors (Lipinski definition) is 3. The summed E-state index contributed by atoms with van der Waals surface area (Å²) in [5, 5.41) is 4.48. The van der Waals surface area contributed by atoms with E-state index in [1.165, 1.54) is 5.69 Å². The average molecular weight is 312 g/mol. The number of hydrogen-bond donors (Lipinski definition) is 1. The van der Waals surface area contributed by atoms with Crippen molar-refractivity contribution in [2.45, 2.75) is 33.4 Å². The van der Waals surface area contributed by atoms with Gasteiger partial charge in [-0.3, -0.25) is 4.68 Å². The highest BCUT2D eigenvalue weighted by Crippen LogP contribution is 2.22. The lowest BCUT2D eigenvalue weighted by Crippen LogP contribution is -2.07. The summed E-state index contributed by atoms with van der Waals surface area (Å²) in [6, 6.07) is 0. The third-order valence-corrected chi connectivity index (χ3v) is 3.90. The van der Waals surface area contributed by atoms with E-state index in [-0.39, 0.29) is 0 Å². The minimum Gasteiger partial charge on any atom is -0.331 e. The zero-order valence-electron chi connectivity index (χ0n) is 10.7. The molecule has 5 nitrogen and oxygen atoms in total. The lowest BCUT2D eigenvalue weighted by molar-refractivity contribution is 0.596. The Morgan fingerprint density at radius 2 is 2.22 bits per heavy atom. The third-order valence-electron chi connectivity index (χ3n) is 2.87. The van der Waals surface area contributed by atoms with E-state index in [0.717, 1.165) is 35.4 Å². The van der Waals surface area contributed by atoms with Crippen LogP contribution in [0.3, 0.4) is 0 Å². The van der Waals surface area contributed by atoms with Crippen LogP contribution in [0.2, 0.25) is 0 Å². The Labute approximate surface area is 115 Å². The van der Waals surface area contributed by atoms with Gasteiger partial charge in [-0.15, -0.1) is 0 Å². The highest BCUT2D eigenvalue weighted by molar-refractivity contribution is 9.10. The minimum absolute atomic E-state index is 0.632. The van der Waals surface area contributed by atoms with E-state index in [1.807, 2.05) is 24.1 Å². The van der Waals surface area contributed by atoms with Crippen molar-refractivity contribution < 1.29 is 0 Å². The molecular formula is C12H18BrN5. The molecule has 0 radical (unpaired) electrons. The lowest BCUT2D eigenvalue weighted by Gasteiger charge is -2.06. The Balaban J connectivity index is 2.22. The van der Waals surface area contributed by atoms with Gasteiger partial charge in [-0.1, -0.05) is 0 Å². The smallest absolute Gasteiger partial charge is 0.0953 e. The molecule has 2 heterocycles. The van der Waals surface area contributed by atoms with E-state index in [1.54, 1.807) is 0 Å². The van der Waals surface area contributed by atoms with Crippen LogP contribution in [0.4, 0.5) is 0 Å². The van der Waals surface area contributed by atoms with Crippen molar-refractivity contribution in [3.05, 3.63) is 34.1 Å². The molecule has 6 heteroatoms. The molecule has 0 spiro atoms. The van der Waals surface area contributed by atoms with E-state index < -0.39 is 0 Å². The van der Waals surface area contributed by atoms with Crippen LogP contribution in [0.25, 0.3) is 0 Å². The van der Waals surface area contributed by atoms with Crippen LogP contribution in [0, 0.1) is 6.92 Å². The molecular weight excluding hydrogens is 294 g/mol. The molecule has 0 atom stereocenters. The van der Waals surface area contributed by atoms with Crippen molar-refractivity contribution in [2.75, 3.05) is 6.54 Å². The van der Waals surface area contributed by atoms with E-state index in [2.05, 4.69) is 37.5 Å². The van der Waals surface area contributed by atoms with E-state index in [4.69, 9.17) is 5.73 Å². The number of rotatable bonds is 5. The third kappa shape index (κ3) is 2.64. The molecule has 2 N–H and O–H groups in total. The summed E-state index contributed by atoms with van der Waals surface area (Å²) in [4.78, 5) is 4.33. The molecule has 98 valence electrons. The van der Waals surface area contributed by atoms with Crippen LogP contribution in [0.1, 0.15) is 24.0 Å². The molecule has 2 rings (SSSR count). The van der Waals surface area contributed by atoms with Gasteiger partial charge in [-0.05, 0) is 36.3 Å². The first-order valence-corrected chi connectivity index (χ1v) is 6.87. The summed E-state index contributed by atoms with van der Waals surface area (Å²) in [6.07, 6.45) is 4.71. The summed E-state index contributed by atoms with van der Waals surface area (Å²) in [5.74, 6) is 0. The first-order chi connectivity index (χ1) is 8.65. The van der Waals surface area contributed by atoms with Crippen molar-refractivity contribution in [3.63, 3.8) is 0 Å². The highest BCUT2D eigenvalue weighted by atomic mass is 79.9. The zero-order valence-corrected chi connectivity index (χ0v) is 12.3. The van der Waals surface area contributed by atoms with Crippen molar-refractivity contribution in [1.82, 2.24) is 19.3 Å². The van der Waals surface area contributed by atoms with Gasteiger partial charge in [0.05, 0.1) is 34.4 Å². The normalized spacial score (nSPS) is 11.1. The van der Waals surface area contributed by atoms with Gasteiger partial charge in [0.15, 0.2) is 0 Å². The molecule has 0 unspecified atom stereocenters. The topological polar surface area (TPSA) is 61.7 Å². The predicted octanol–water partition coefficient (Wildman–Crippen LogP) is 1.72. The monoisotopic (exact) mass is 311 g/mol. The van der Waals surface area contributed by atoms with Gasteiger partial charge < -0.3 is 10.3 Å². The van der Waals surface area contributed by atoms with Crippen molar-refractivity contribution >= 4 is 15.9 Å². The van der Waals surface area contributed by atoms with Gasteiger partial charge >= 0.3 is 0 Å². The molecule has 2 aromatic heterocycles. The molecule has 0 aliphatic rings.